The Bertz CT molecular complexity index is 366. The molecular formula is C12H14F2O3. The molecule has 1 atom stereocenters. The first-order valence-corrected chi connectivity index (χ1v) is 5.54. The molecule has 17 heavy (non-hydrogen) atoms. The Kier molecular flexibility index (Phi) is 3.91. The van der Waals surface area contributed by atoms with Crippen LogP contribution in [-0.2, 0) is 11.3 Å². The van der Waals surface area contributed by atoms with Gasteiger partial charge in [0.25, 0.3) is 0 Å². The summed E-state index contributed by atoms with van der Waals surface area (Å²) in [6.07, 6.45) is 1.70. The van der Waals surface area contributed by atoms with Crippen molar-refractivity contribution in [1.82, 2.24) is 0 Å². The van der Waals surface area contributed by atoms with Crippen molar-refractivity contribution in [2.24, 2.45) is 0 Å². The molecule has 1 aliphatic heterocycles. The van der Waals surface area contributed by atoms with Crippen molar-refractivity contribution in [3.05, 3.63) is 29.3 Å². The molecule has 5 heteroatoms. The van der Waals surface area contributed by atoms with Gasteiger partial charge in [0.2, 0.25) is 0 Å². The Morgan fingerprint density at radius 1 is 1.35 bits per heavy atom. The lowest BCUT2D eigenvalue weighted by molar-refractivity contribution is 0.0650. The van der Waals surface area contributed by atoms with Crippen LogP contribution in [0.3, 0.4) is 0 Å². The zero-order valence-corrected chi connectivity index (χ0v) is 9.29. The fourth-order valence-electron chi connectivity index (χ4n) is 1.79. The number of hydrogen-bond donors (Lipinski definition) is 1. The summed E-state index contributed by atoms with van der Waals surface area (Å²) in [4.78, 5) is 0. The second-order valence-electron chi connectivity index (χ2n) is 3.99. The van der Waals surface area contributed by atoms with E-state index in [1.165, 1.54) is 0 Å². The average molecular weight is 244 g/mol. The molecule has 2 rings (SSSR count). The van der Waals surface area contributed by atoms with Gasteiger partial charge in [-0.15, -0.1) is 0 Å². The predicted octanol–water partition coefficient (Wildman–Crippen LogP) is 2.01. The Labute approximate surface area is 98.0 Å². The van der Waals surface area contributed by atoms with Gasteiger partial charge in [-0.05, 0) is 30.5 Å². The SMILES string of the molecule is OCc1cc(F)c(OCC2CCCO2)c(F)c1. The van der Waals surface area contributed by atoms with Crippen molar-refractivity contribution in [2.75, 3.05) is 13.2 Å². The molecule has 1 heterocycles. The minimum Gasteiger partial charge on any atom is -0.485 e. The molecule has 0 radical (unpaired) electrons. The van der Waals surface area contributed by atoms with Gasteiger partial charge in [0.05, 0.1) is 12.7 Å². The highest BCUT2D eigenvalue weighted by Crippen LogP contribution is 2.24. The lowest BCUT2D eigenvalue weighted by Gasteiger charge is -2.13. The zero-order valence-electron chi connectivity index (χ0n) is 9.29. The number of hydrogen-bond acceptors (Lipinski definition) is 3. The summed E-state index contributed by atoms with van der Waals surface area (Å²) >= 11 is 0. The summed E-state index contributed by atoms with van der Waals surface area (Å²) in [5.41, 5.74) is 0.185. The maximum Gasteiger partial charge on any atom is 0.190 e. The molecule has 3 nitrogen and oxygen atoms in total. The third-order valence-electron chi connectivity index (χ3n) is 2.68. The normalized spacial score (nSPS) is 19.6. The molecule has 1 aliphatic rings. The van der Waals surface area contributed by atoms with E-state index in [1.807, 2.05) is 0 Å². The van der Waals surface area contributed by atoms with E-state index in [0.29, 0.717) is 6.61 Å². The maximum absolute atomic E-state index is 13.5. The maximum atomic E-state index is 13.5. The van der Waals surface area contributed by atoms with Crippen molar-refractivity contribution in [2.45, 2.75) is 25.6 Å². The van der Waals surface area contributed by atoms with Crippen molar-refractivity contribution < 1.29 is 23.4 Å². The van der Waals surface area contributed by atoms with E-state index in [9.17, 15) is 8.78 Å². The van der Waals surface area contributed by atoms with Crippen LogP contribution in [0.4, 0.5) is 8.78 Å². The van der Waals surface area contributed by atoms with E-state index in [2.05, 4.69) is 0 Å². The molecular weight excluding hydrogens is 230 g/mol. The van der Waals surface area contributed by atoms with E-state index in [4.69, 9.17) is 14.6 Å². The topological polar surface area (TPSA) is 38.7 Å². The standard InChI is InChI=1S/C12H14F2O3/c13-10-4-8(6-15)5-11(14)12(10)17-7-9-2-1-3-16-9/h4-5,9,15H,1-3,6-7H2. The Hall–Kier alpha value is -1.20. The first-order valence-electron chi connectivity index (χ1n) is 5.54. The summed E-state index contributed by atoms with van der Waals surface area (Å²) in [7, 11) is 0. The molecule has 94 valence electrons. The fourth-order valence-corrected chi connectivity index (χ4v) is 1.79. The predicted molar refractivity (Wildman–Crippen MR) is 56.7 cm³/mol. The van der Waals surface area contributed by atoms with Gasteiger partial charge < -0.3 is 14.6 Å². The van der Waals surface area contributed by atoms with E-state index in [0.717, 1.165) is 25.0 Å². The monoisotopic (exact) mass is 244 g/mol. The Morgan fingerprint density at radius 3 is 2.59 bits per heavy atom. The molecule has 0 saturated carbocycles. The van der Waals surface area contributed by atoms with Crippen LogP contribution in [0.15, 0.2) is 12.1 Å². The molecule has 1 saturated heterocycles. The first-order chi connectivity index (χ1) is 8.20. The smallest absolute Gasteiger partial charge is 0.190 e. The van der Waals surface area contributed by atoms with Crippen LogP contribution >= 0.6 is 0 Å². The zero-order chi connectivity index (χ0) is 12.3. The van der Waals surface area contributed by atoms with E-state index in [1.54, 1.807) is 0 Å². The molecule has 0 spiro atoms. The summed E-state index contributed by atoms with van der Waals surface area (Å²) in [5, 5.41) is 8.79. The first kappa shape index (κ1) is 12.3. The third kappa shape index (κ3) is 2.92. The minimum absolute atomic E-state index is 0.0914. The number of ether oxygens (including phenoxy) is 2. The summed E-state index contributed by atoms with van der Waals surface area (Å²) in [5.74, 6) is -2.00. The van der Waals surface area contributed by atoms with Crippen LogP contribution in [0.5, 0.6) is 5.75 Å². The van der Waals surface area contributed by atoms with Gasteiger partial charge in [0, 0.05) is 6.61 Å². The fraction of sp³-hybridized carbons (Fsp3) is 0.500. The van der Waals surface area contributed by atoms with Gasteiger partial charge in [-0.2, -0.15) is 0 Å². The molecule has 0 bridgehead atoms. The molecule has 1 aromatic carbocycles. The number of halogens is 2. The molecule has 1 N–H and O–H groups in total. The van der Waals surface area contributed by atoms with Crippen LogP contribution in [0.25, 0.3) is 0 Å². The van der Waals surface area contributed by atoms with Crippen LogP contribution in [-0.4, -0.2) is 24.4 Å². The summed E-state index contributed by atoms with van der Waals surface area (Å²) in [6.45, 7) is 0.411. The molecule has 1 unspecified atom stereocenters. The van der Waals surface area contributed by atoms with Crippen LogP contribution < -0.4 is 4.74 Å². The highest BCUT2D eigenvalue weighted by atomic mass is 19.1. The van der Waals surface area contributed by atoms with Crippen LogP contribution in [0.2, 0.25) is 0 Å². The van der Waals surface area contributed by atoms with Gasteiger partial charge in [-0.25, -0.2) is 8.78 Å². The minimum atomic E-state index is -0.799. The van der Waals surface area contributed by atoms with Gasteiger partial charge in [-0.1, -0.05) is 0 Å². The van der Waals surface area contributed by atoms with E-state index >= 15 is 0 Å². The number of rotatable bonds is 4. The van der Waals surface area contributed by atoms with Gasteiger partial charge in [-0.3, -0.25) is 0 Å². The van der Waals surface area contributed by atoms with Crippen LogP contribution in [0, 0.1) is 11.6 Å². The largest absolute Gasteiger partial charge is 0.485 e. The van der Waals surface area contributed by atoms with Crippen molar-refractivity contribution in [1.29, 1.82) is 0 Å². The van der Waals surface area contributed by atoms with Gasteiger partial charge in [0.1, 0.15) is 6.61 Å². The Balaban J connectivity index is 2.04. The van der Waals surface area contributed by atoms with Crippen LogP contribution in [0.1, 0.15) is 18.4 Å². The van der Waals surface area contributed by atoms with E-state index in [-0.39, 0.29) is 18.3 Å². The number of benzene rings is 1. The Morgan fingerprint density at radius 2 is 2.06 bits per heavy atom. The van der Waals surface area contributed by atoms with Crippen molar-refractivity contribution in [3.63, 3.8) is 0 Å². The summed E-state index contributed by atoms with van der Waals surface area (Å²) in [6, 6.07) is 2.13. The highest BCUT2D eigenvalue weighted by molar-refractivity contribution is 5.31. The summed E-state index contributed by atoms with van der Waals surface area (Å²) < 4.78 is 37.3. The van der Waals surface area contributed by atoms with Crippen molar-refractivity contribution in [3.8, 4) is 5.75 Å². The van der Waals surface area contributed by atoms with Crippen molar-refractivity contribution >= 4 is 0 Å². The van der Waals surface area contributed by atoms with E-state index < -0.39 is 24.0 Å². The molecule has 0 aromatic heterocycles. The molecule has 0 amide bonds. The van der Waals surface area contributed by atoms with Gasteiger partial charge in [0.15, 0.2) is 17.4 Å². The highest BCUT2D eigenvalue weighted by Gasteiger charge is 2.19. The molecule has 0 aliphatic carbocycles. The molecule has 1 aromatic rings. The average Bonchev–Trinajstić information content (AvgIpc) is 2.80. The lowest BCUT2D eigenvalue weighted by Crippen LogP contribution is -2.17. The second kappa shape index (κ2) is 5.42. The number of aliphatic hydroxyl groups excluding tert-OH is 1. The second-order valence-corrected chi connectivity index (χ2v) is 3.99. The third-order valence-corrected chi connectivity index (χ3v) is 2.68. The lowest BCUT2D eigenvalue weighted by atomic mass is 10.2. The number of aliphatic hydroxyl groups is 1. The quantitative estimate of drug-likeness (QED) is 0.880. The molecule has 1 fully saturated rings. The van der Waals surface area contributed by atoms with Gasteiger partial charge >= 0.3 is 0 Å².